The van der Waals surface area contributed by atoms with Crippen LogP contribution in [0.15, 0.2) is 47.8 Å². The highest BCUT2D eigenvalue weighted by Gasteiger charge is 2.11. The molecule has 0 unspecified atom stereocenters. The largest absolute Gasteiger partial charge is 0.383 e. The minimum Gasteiger partial charge on any atom is -0.383 e. The highest BCUT2D eigenvalue weighted by molar-refractivity contribution is 7.17. The average molecular weight is 312 g/mol. The molecular weight excluding hydrogens is 302 g/mol. The van der Waals surface area contributed by atoms with Gasteiger partial charge in [-0.25, -0.2) is 9.97 Å². The first-order valence-electron chi connectivity index (χ1n) is 6.42. The van der Waals surface area contributed by atoms with Crippen LogP contribution in [0.4, 0.5) is 5.82 Å². The van der Waals surface area contributed by atoms with Crippen LogP contribution in [-0.4, -0.2) is 9.97 Å². The summed E-state index contributed by atoms with van der Waals surface area (Å²) in [5.74, 6) is 1.11. The summed E-state index contributed by atoms with van der Waals surface area (Å²) in [6.07, 6.45) is 0. The second-order valence-electron chi connectivity index (χ2n) is 4.74. The Labute approximate surface area is 130 Å². The molecule has 0 aliphatic carbocycles. The molecule has 2 aromatic carbocycles. The first-order chi connectivity index (χ1) is 10.2. The summed E-state index contributed by atoms with van der Waals surface area (Å²) < 4.78 is 1.21. The summed E-state index contributed by atoms with van der Waals surface area (Å²) in [4.78, 5) is 9.07. The highest BCUT2D eigenvalue weighted by atomic mass is 35.5. The van der Waals surface area contributed by atoms with Crippen LogP contribution in [0, 0.1) is 0 Å². The van der Waals surface area contributed by atoms with E-state index in [9.17, 15) is 0 Å². The molecule has 2 heterocycles. The predicted octanol–water partition coefficient (Wildman–Crippen LogP) is 4.75. The van der Waals surface area contributed by atoms with Crippen LogP contribution in [0.5, 0.6) is 0 Å². The fourth-order valence-electron chi connectivity index (χ4n) is 2.40. The lowest BCUT2D eigenvalue weighted by atomic mass is 10.1. The SMILES string of the molecule is Nc1nc(-c2csc3ccccc23)nc2cc(Cl)ccc12. The maximum Gasteiger partial charge on any atom is 0.163 e. The van der Waals surface area contributed by atoms with E-state index in [0.717, 1.165) is 21.9 Å². The van der Waals surface area contributed by atoms with Crippen LogP contribution in [0.25, 0.3) is 32.4 Å². The van der Waals surface area contributed by atoms with Crippen molar-refractivity contribution in [2.24, 2.45) is 0 Å². The Bertz CT molecular complexity index is 978. The second-order valence-corrected chi connectivity index (χ2v) is 6.09. The highest BCUT2D eigenvalue weighted by Crippen LogP contribution is 2.33. The van der Waals surface area contributed by atoms with Gasteiger partial charge in [0.2, 0.25) is 0 Å². The summed E-state index contributed by atoms with van der Waals surface area (Å²) in [5.41, 5.74) is 7.83. The third-order valence-corrected chi connectivity index (χ3v) is 4.61. The van der Waals surface area contributed by atoms with Gasteiger partial charge in [0, 0.05) is 31.4 Å². The zero-order valence-electron chi connectivity index (χ0n) is 10.9. The lowest BCUT2D eigenvalue weighted by Crippen LogP contribution is -1.97. The standard InChI is InChI=1S/C16H10ClN3S/c17-9-5-6-11-13(7-9)19-16(20-15(11)18)12-8-21-14-4-2-1-3-10(12)14/h1-8H,(H2,18,19,20). The number of hydrogen-bond donors (Lipinski definition) is 1. The van der Waals surface area contributed by atoms with Crippen molar-refractivity contribution < 1.29 is 0 Å². The summed E-state index contributed by atoms with van der Waals surface area (Å²) in [5, 5.41) is 4.67. The van der Waals surface area contributed by atoms with Crippen LogP contribution < -0.4 is 5.73 Å². The van der Waals surface area contributed by atoms with Crippen molar-refractivity contribution in [3.8, 4) is 11.4 Å². The van der Waals surface area contributed by atoms with Gasteiger partial charge in [-0.15, -0.1) is 11.3 Å². The maximum absolute atomic E-state index is 6.07. The average Bonchev–Trinajstić information content (AvgIpc) is 2.90. The molecule has 4 rings (SSSR count). The minimum absolute atomic E-state index is 0.474. The minimum atomic E-state index is 0.474. The van der Waals surface area contributed by atoms with Crippen LogP contribution >= 0.6 is 22.9 Å². The van der Waals surface area contributed by atoms with E-state index in [4.69, 9.17) is 17.3 Å². The molecule has 0 saturated heterocycles. The molecule has 0 amide bonds. The van der Waals surface area contributed by atoms with Crippen molar-refractivity contribution >= 4 is 49.7 Å². The van der Waals surface area contributed by atoms with Gasteiger partial charge >= 0.3 is 0 Å². The van der Waals surface area contributed by atoms with Gasteiger partial charge in [0.05, 0.1) is 5.52 Å². The maximum atomic E-state index is 6.07. The number of nitrogen functional groups attached to an aromatic ring is 1. The van der Waals surface area contributed by atoms with Crippen LogP contribution in [0.2, 0.25) is 5.02 Å². The second kappa shape index (κ2) is 4.69. The van der Waals surface area contributed by atoms with Crippen molar-refractivity contribution in [3.05, 3.63) is 52.9 Å². The first-order valence-corrected chi connectivity index (χ1v) is 7.67. The van der Waals surface area contributed by atoms with E-state index in [1.165, 1.54) is 4.70 Å². The number of aromatic nitrogens is 2. The molecule has 0 spiro atoms. The van der Waals surface area contributed by atoms with Crippen molar-refractivity contribution in [2.75, 3.05) is 5.73 Å². The van der Waals surface area contributed by atoms with Crippen molar-refractivity contribution in [2.45, 2.75) is 0 Å². The van der Waals surface area contributed by atoms with E-state index in [1.807, 2.05) is 24.3 Å². The number of nitrogens with two attached hydrogens (primary N) is 1. The van der Waals surface area contributed by atoms with Gasteiger partial charge < -0.3 is 5.73 Å². The van der Waals surface area contributed by atoms with Gasteiger partial charge in [-0.05, 0) is 24.3 Å². The fraction of sp³-hybridized carbons (Fsp3) is 0. The molecule has 2 aromatic heterocycles. The number of halogens is 1. The molecule has 0 aliphatic heterocycles. The molecule has 0 aliphatic rings. The molecule has 0 radical (unpaired) electrons. The third kappa shape index (κ3) is 2.04. The quantitative estimate of drug-likeness (QED) is 0.552. The van der Waals surface area contributed by atoms with Crippen molar-refractivity contribution in [3.63, 3.8) is 0 Å². The molecule has 2 N–H and O–H groups in total. The Hall–Kier alpha value is -2.17. The van der Waals surface area contributed by atoms with E-state index in [0.29, 0.717) is 16.7 Å². The Morgan fingerprint density at radius 1 is 1.00 bits per heavy atom. The summed E-state index contributed by atoms with van der Waals surface area (Å²) in [7, 11) is 0. The number of benzene rings is 2. The molecule has 0 bridgehead atoms. The third-order valence-electron chi connectivity index (χ3n) is 3.41. The van der Waals surface area contributed by atoms with Gasteiger partial charge in [-0.1, -0.05) is 29.8 Å². The number of nitrogens with zero attached hydrogens (tertiary/aromatic N) is 2. The summed E-state index contributed by atoms with van der Waals surface area (Å²) >= 11 is 7.72. The number of hydrogen-bond acceptors (Lipinski definition) is 4. The lowest BCUT2D eigenvalue weighted by molar-refractivity contribution is 1.24. The molecule has 0 atom stereocenters. The summed E-state index contributed by atoms with van der Waals surface area (Å²) in [6.45, 7) is 0. The van der Waals surface area contributed by atoms with Gasteiger partial charge in [0.25, 0.3) is 0 Å². The van der Waals surface area contributed by atoms with E-state index in [1.54, 1.807) is 17.4 Å². The number of anilines is 1. The van der Waals surface area contributed by atoms with E-state index >= 15 is 0 Å². The monoisotopic (exact) mass is 311 g/mol. The van der Waals surface area contributed by atoms with E-state index in [2.05, 4.69) is 27.5 Å². The Morgan fingerprint density at radius 3 is 2.76 bits per heavy atom. The molecule has 0 fully saturated rings. The normalized spacial score (nSPS) is 11.3. The Balaban J connectivity index is 2.02. The molecule has 21 heavy (non-hydrogen) atoms. The summed E-state index contributed by atoms with van der Waals surface area (Å²) in [6, 6.07) is 13.7. The number of fused-ring (bicyclic) bond motifs is 2. The zero-order valence-corrected chi connectivity index (χ0v) is 12.4. The van der Waals surface area contributed by atoms with E-state index < -0.39 is 0 Å². The molecular formula is C16H10ClN3S. The van der Waals surface area contributed by atoms with Gasteiger partial charge in [0.1, 0.15) is 5.82 Å². The number of thiophene rings is 1. The fourth-order valence-corrected chi connectivity index (χ4v) is 3.50. The molecule has 0 saturated carbocycles. The molecule has 5 heteroatoms. The van der Waals surface area contributed by atoms with Gasteiger partial charge in [-0.3, -0.25) is 0 Å². The van der Waals surface area contributed by atoms with Gasteiger partial charge in [0.15, 0.2) is 5.82 Å². The van der Waals surface area contributed by atoms with Gasteiger partial charge in [-0.2, -0.15) is 0 Å². The first kappa shape index (κ1) is 12.6. The predicted molar refractivity (Wildman–Crippen MR) is 89.8 cm³/mol. The molecule has 3 nitrogen and oxygen atoms in total. The van der Waals surface area contributed by atoms with Crippen molar-refractivity contribution in [1.29, 1.82) is 0 Å². The zero-order chi connectivity index (χ0) is 14.4. The Morgan fingerprint density at radius 2 is 1.86 bits per heavy atom. The lowest BCUT2D eigenvalue weighted by Gasteiger charge is -2.05. The smallest absolute Gasteiger partial charge is 0.163 e. The molecule has 102 valence electrons. The molecule has 4 aromatic rings. The van der Waals surface area contributed by atoms with Crippen molar-refractivity contribution in [1.82, 2.24) is 9.97 Å². The van der Waals surface area contributed by atoms with Crippen LogP contribution in [0.1, 0.15) is 0 Å². The van der Waals surface area contributed by atoms with Crippen LogP contribution in [0.3, 0.4) is 0 Å². The topological polar surface area (TPSA) is 51.8 Å². The Kier molecular flexibility index (Phi) is 2.80. The van der Waals surface area contributed by atoms with Crippen LogP contribution in [-0.2, 0) is 0 Å². The number of rotatable bonds is 1. The van der Waals surface area contributed by atoms with E-state index in [-0.39, 0.29) is 0 Å².